The fourth-order valence-corrected chi connectivity index (χ4v) is 5.94. The molecule has 0 radical (unpaired) electrons. The van der Waals surface area contributed by atoms with Crippen LogP contribution in [-0.2, 0) is 39.6 Å². The predicted molar refractivity (Wildman–Crippen MR) is 121 cm³/mol. The van der Waals surface area contributed by atoms with E-state index in [-0.39, 0.29) is 10.6 Å². The number of rotatable bonds is 5. The number of thiazole rings is 1. The fourth-order valence-electron chi connectivity index (χ4n) is 3.80. The van der Waals surface area contributed by atoms with Gasteiger partial charge < -0.3 is 5.11 Å². The van der Waals surface area contributed by atoms with E-state index in [4.69, 9.17) is 5.14 Å². The molecule has 1 amide bonds. The average molecular weight is 457 g/mol. The summed E-state index contributed by atoms with van der Waals surface area (Å²) in [5.74, 6) is -0.540. The quantitative estimate of drug-likeness (QED) is 0.610. The van der Waals surface area contributed by atoms with Crippen molar-refractivity contribution in [2.45, 2.75) is 49.3 Å². The number of amides is 1. The lowest BCUT2D eigenvalue weighted by Gasteiger charge is -2.14. The molecule has 2 heterocycles. The second-order valence-corrected chi connectivity index (χ2v) is 11.1. The highest BCUT2D eigenvalue weighted by Crippen LogP contribution is 2.34. The number of nitrogens with two attached hydrogens (primary N) is 1. The lowest BCUT2D eigenvalue weighted by molar-refractivity contribution is -0.117. The highest BCUT2D eigenvalue weighted by atomic mass is 32.2. The van der Waals surface area contributed by atoms with E-state index in [9.17, 15) is 14.1 Å². The Kier molecular flexibility index (Phi) is 5.78. The van der Waals surface area contributed by atoms with Gasteiger partial charge >= 0.3 is 0 Å². The molecule has 1 aliphatic carbocycles. The van der Waals surface area contributed by atoms with Gasteiger partial charge in [0.2, 0.25) is 0 Å². The number of aromatic nitrogens is 2. The number of hydrogen-bond donors (Lipinski definition) is 2. The summed E-state index contributed by atoms with van der Waals surface area (Å²) in [7, 11) is -3.45. The first-order valence-electron chi connectivity index (χ1n) is 9.95. The molecule has 4 rings (SSSR count). The van der Waals surface area contributed by atoms with Crippen molar-refractivity contribution in [3.63, 3.8) is 0 Å². The molecule has 0 fully saturated rings. The van der Waals surface area contributed by atoms with Crippen molar-refractivity contribution in [1.29, 1.82) is 0 Å². The van der Waals surface area contributed by atoms with E-state index >= 15 is 0 Å². The molecule has 0 bridgehead atoms. The molecular weight excluding hydrogens is 432 g/mol. The minimum atomic E-state index is -3.45. The van der Waals surface area contributed by atoms with Crippen molar-refractivity contribution >= 4 is 27.2 Å². The Hall–Kier alpha value is -2.46. The van der Waals surface area contributed by atoms with Crippen LogP contribution in [0.5, 0.6) is 0 Å². The van der Waals surface area contributed by atoms with E-state index in [0.29, 0.717) is 5.01 Å². The Bertz CT molecular complexity index is 1250. The first-order valence-corrected chi connectivity index (χ1v) is 12.3. The Morgan fingerprint density at radius 2 is 2.00 bits per heavy atom. The lowest BCUT2D eigenvalue weighted by Crippen LogP contribution is -2.16. The number of fused-ring (bicyclic) bond motifs is 1. The topological polar surface area (TPSA) is 119 Å². The van der Waals surface area contributed by atoms with Crippen LogP contribution in [0.2, 0.25) is 0 Å². The maximum Gasteiger partial charge on any atom is 0.259 e. The minimum Gasteiger partial charge on any atom is -0.383 e. The van der Waals surface area contributed by atoms with Gasteiger partial charge in [-0.15, -0.1) is 15.7 Å². The first kappa shape index (κ1) is 21.8. The Labute approximate surface area is 185 Å². The van der Waals surface area contributed by atoms with Gasteiger partial charge in [0.05, 0.1) is 12.6 Å². The molecule has 162 valence electrons. The molecule has 3 N–H and O–H groups in total. The van der Waals surface area contributed by atoms with Crippen molar-refractivity contribution in [2.24, 2.45) is 9.50 Å². The molecule has 2 aromatic heterocycles. The van der Waals surface area contributed by atoms with Gasteiger partial charge in [0.15, 0.2) is 9.92 Å². The maximum atomic E-state index is 13.0. The third kappa shape index (κ3) is 4.59. The van der Waals surface area contributed by atoms with Gasteiger partial charge in [-0.2, -0.15) is 0 Å². The molecule has 1 aromatic carbocycles. The Morgan fingerprint density at radius 1 is 1.26 bits per heavy atom. The second kappa shape index (κ2) is 8.23. The molecule has 3 aromatic rings. The van der Waals surface area contributed by atoms with Gasteiger partial charge in [-0.1, -0.05) is 12.1 Å². The van der Waals surface area contributed by atoms with Gasteiger partial charge in [0.25, 0.3) is 5.91 Å². The van der Waals surface area contributed by atoms with Crippen LogP contribution in [0, 0.1) is 0 Å². The molecule has 31 heavy (non-hydrogen) atoms. The maximum absolute atomic E-state index is 13.0. The molecular formula is C22H24N4O3S2. The number of aliphatic hydroxyl groups is 1. The summed E-state index contributed by atoms with van der Waals surface area (Å²) >= 11 is 1.00. The molecule has 9 heteroatoms. The summed E-state index contributed by atoms with van der Waals surface area (Å²) in [5, 5.41) is 16.4. The zero-order chi connectivity index (χ0) is 22.2. The SMILES string of the molecule is CC(C)(O)c1ncc(S(N)(=O)=NC(=O)Cc2c(-c3ccncc3)ccc3c2CCC3)s1. The van der Waals surface area contributed by atoms with Gasteiger partial charge in [0.1, 0.15) is 14.8 Å². The first-order chi connectivity index (χ1) is 14.6. The van der Waals surface area contributed by atoms with Crippen LogP contribution in [0.3, 0.4) is 0 Å². The van der Waals surface area contributed by atoms with E-state index in [0.717, 1.165) is 47.3 Å². The number of hydrogen-bond acceptors (Lipinski definition) is 6. The van der Waals surface area contributed by atoms with Crippen LogP contribution in [0.25, 0.3) is 11.1 Å². The number of carbonyl (C=O) groups is 1. The lowest BCUT2D eigenvalue weighted by atomic mass is 9.91. The summed E-state index contributed by atoms with van der Waals surface area (Å²) in [5.41, 5.74) is 4.06. The van der Waals surface area contributed by atoms with Crippen molar-refractivity contribution in [3.8, 4) is 11.1 Å². The summed E-state index contributed by atoms with van der Waals surface area (Å²) < 4.78 is 17.0. The molecule has 1 atom stereocenters. The van der Waals surface area contributed by atoms with Crippen LogP contribution in [0.1, 0.15) is 42.0 Å². The molecule has 0 saturated carbocycles. The summed E-state index contributed by atoms with van der Waals surface area (Å²) in [4.78, 5) is 21.0. The number of benzene rings is 1. The monoisotopic (exact) mass is 456 g/mol. The van der Waals surface area contributed by atoms with E-state index in [1.165, 1.54) is 17.3 Å². The van der Waals surface area contributed by atoms with Gasteiger partial charge in [-0.25, -0.2) is 14.3 Å². The van der Waals surface area contributed by atoms with Gasteiger partial charge in [-0.3, -0.25) is 9.78 Å². The Balaban J connectivity index is 1.70. The highest BCUT2D eigenvalue weighted by Gasteiger charge is 2.24. The average Bonchev–Trinajstić information content (AvgIpc) is 3.38. The summed E-state index contributed by atoms with van der Waals surface area (Å²) in [6.07, 6.45) is 7.70. The van der Waals surface area contributed by atoms with Crippen LogP contribution in [-0.4, -0.2) is 25.2 Å². The smallest absolute Gasteiger partial charge is 0.259 e. The number of pyridine rings is 1. The Morgan fingerprint density at radius 3 is 2.68 bits per heavy atom. The third-order valence-corrected chi connectivity index (χ3v) is 8.48. The van der Waals surface area contributed by atoms with E-state index in [2.05, 4.69) is 20.4 Å². The molecule has 0 aliphatic heterocycles. The highest BCUT2D eigenvalue weighted by molar-refractivity contribution is 7.93. The van der Waals surface area contributed by atoms with E-state index in [1.807, 2.05) is 18.2 Å². The van der Waals surface area contributed by atoms with Crippen LogP contribution in [0.15, 0.2) is 51.4 Å². The number of carbonyl (C=O) groups excluding carboxylic acids is 1. The normalized spacial score (nSPS) is 15.4. The van der Waals surface area contributed by atoms with Crippen molar-refractivity contribution < 1.29 is 14.1 Å². The zero-order valence-electron chi connectivity index (χ0n) is 17.4. The molecule has 7 nitrogen and oxygen atoms in total. The molecule has 1 aliphatic rings. The summed E-state index contributed by atoms with van der Waals surface area (Å²) in [6.45, 7) is 3.15. The standard InChI is InChI=1S/C22H24N4O3S2/c1-22(2,28)21-25-13-20(30-21)31(23,29)26-19(27)12-18-16-5-3-4-14(16)6-7-17(18)15-8-10-24-11-9-15/h6-11,13,28H,3-5,12H2,1-2H3,(H2,23,26,27,29). The second-order valence-electron chi connectivity index (χ2n) is 8.09. The van der Waals surface area contributed by atoms with E-state index in [1.54, 1.807) is 26.2 Å². The number of nitrogens with zero attached hydrogens (tertiary/aromatic N) is 3. The minimum absolute atomic E-state index is 0.0200. The van der Waals surface area contributed by atoms with Crippen LogP contribution in [0.4, 0.5) is 0 Å². The molecule has 0 spiro atoms. The van der Waals surface area contributed by atoms with Crippen molar-refractivity contribution in [2.75, 3.05) is 0 Å². The largest absolute Gasteiger partial charge is 0.383 e. The third-order valence-electron chi connectivity index (χ3n) is 5.25. The van der Waals surface area contributed by atoms with Crippen molar-refractivity contribution in [3.05, 3.63) is 64.6 Å². The predicted octanol–water partition coefficient (Wildman–Crippen LogP) is 3.39. The number of aryl methyl sites for hydroxylation is 1. The fraction of sp³-hybridized carbons (Fsp3) is 0.318. The summed E-state index contributed by atoms with van der Waals surface area (Å²) in [6, 6.07) is 7.96. The zero-order valence-corrected chi connectivity index (χ0v) is 19.0. The van der Waals surface area contributed by atoms with E-state index < -0.39 is 21.4 Å². The van der Waals surface area contributed by atoms with Crippen molar-refractivity contribution in [1.82, 2.24) is 9.97 Å². The molecule has 1 unspecified atom stereocenters. The van der Waals surface area contributed by atoms with Crippen LogP contribution >= 0.6 is 11.3 Å². The van der Waals surface area contributed by atoms with Gasteiger partial charge in [0, 0.05) is 12.4 Å². The molecule has 0 saturated heterocycles. The van der Waals surface area contributed by atoms with Gasteiger partial charge in [-0.05, 0) is 73.1 Å². The van der Waals surface area contributed by atoms with Crippen LogP contribution < -0.4 is 5.14 Å².